The molecule has 0 unspecified atom stereocenters. The van der Waals surface area contributed by atoms with Crippen LogP contribution in [0.1, 0.15) is 15.9 Å². The number of hydrogen-bond acceptors (Lipinski definition) is 3. The van der Waals surface area contributed by atoms with E-state index in [1.54, 1.807) is 12.1 Å². The van der Waals surface area contributed by atoms with Crippen LogP contribution in [-0.2, 0) is 16.0 Å². The summed E-state index contributed by atoms with van der Waals surface area (Å²) in [5.74, 6) is -1.05. The monoisotopic (exact) mass is 351 g/mol. The largest absolute Gasteiger partial charge is 0.452 e. The second kappa shape index (κ2) is 8.56. The second-order valence-corrected chi connectivity index (χ2v) is 5.55. The number of ether oxygens (including phenoxy) is 1. The summed E-state index contributed by atoms with van der Waals surface area (Å²) in [6.07, 6.45) is 0.709. The van der Waals surface area contributed by atoms with Crippen molar-refractivity contribution < 1.29 is 14.3 Å². The van der Waals surface area contributed by atoms with Crippen LogP contribution in [0.25, 0.3) is 0 Å². The molecule has 0 aliphatic carbocycles. The molecule has 2 rings (SSSR count). The second-order valence-electron chi connectivity index (χ2n) is 4.76. The molecule has 0 atom stereocenters. The van der Waals surface area contributed by atoms with E-state index in [4.69, 9.17) is 27.9 Å². The molecule has 1 amide bonds. The van der Waals surface area contributed by atoms with Gasteiger partial charge in [-0.25, -0.2) is 4.79 Å². The first kappa shape index (κ1) is 17.3. The summed E-state index contributed by atoms with van der Waals surface area (Å²) in [5, 5.41) is 3.06. The van der Waals surface area contributed by atoms with Crippen molar-refractivity contribution in [2.75, 3.05) is 13.2 Å². The number of amides is 1. The van der Waals surface area contributed by atoms with Gasteiger partial charge in [0.25, 0.3) is 5.91 Å². The van der Waals surface area contributed by atoms with E-state index in [2.05, 4.69) is 5.32 Å². The van der Waals surface area contributed by atoms with Crippen LogP contribution in [0.15, 0.2) is 48.5 Å². The Morgan fingerprint density at radius 3 is 2.48 bits per heavy atom. The lowest BCUT2D eigenvalue weighted by Gasteiger charge is -2.08. The van der Waals surface area contributed by atoms with Gasteiger partial charge in [0.1, 0.15) is 0 Å². The first-order chi connectivity index (χ1) is 11.1. The molecule has 120 valence electrons. The Bertz CT molecular complexity index is 689. The van der Waals surface area contributed by atoms with Crippen molar-refractivity contribution in [3.05, 3.63) is 69.7 Å². The molecule has 0 fully saturated rings. The lowest BCUT2D eigenvalue weighted by molar-refractivity contribution is -0.124. The van der Waals surface area contributed by atoms with Crippen LogP contribution in [0.5, 0.6) is 0 Å². The molecule has 0 aliphatic heterocycles. The molecule has 0 radical (unpaired) electrons. The highest BCUT2D eigenvalue weighted by Crippen LogP contribution is 2.25. The number of esters is 1. The standard InChI is InChI=1S/C17H15Cl2NO3/c18-14-8-4-7-13(16(14)19)17(22)23-11-15(21)20-10-9-12-5-2-1-3-6-12/h1-8H,9-11H2,(H,20,21). The molecular formula is C17H15Cl2NO3. The minimum absolute atomic E-state index is 0.114. The van der Waals surface area contributed by atoms with E-state index >= 15 is 0 Å². The van der Waals surface area contributed by atoms with Gasteiger partial charge in [0.2, 0.25) is 0 Å². The maximum absolute atomic E-state index is 11.9. The maximum atomic E-state index is 11.9. The topological polar surface area (TPSA) is 55.4 Å². The van der Waals surface area contributed by atoms with Crippen LogP contribution in [0.3, 0.4) is 0 Å². The molecule has 0 aliphatic rings. The van der Waals surface area contributed by atoms with Crippen LogP contribution in [0.4, 0.5) is 0 Å². The minimum atomic E-state index is -0.685. The molecule has 2 aromatic rings. The molecule has 2 aromatic carbocycles. The maximum Gasteiger partial charge on any atom is 0.340 e. The van der Waals surface area contributed by atoms with Crippen molar-refractivity contribution >= 4 is 35.1 Å². The Kier molecular flexibility index (Phi) is 6.44. The number of nitrogens with one attached hydrogen (secondary N) is 1. The summed E-state index contributed by atoms with van der Waals surface area (Å²) in [6, 6.07) is 14.4. The van der Waals surface area contributed by atoms with Gasteiger partial charge in [0, 0.05) is 6.54 Å². The van der Waals surface area contributed by atoms with Gasteiger partial charge in [-0.15, -0.1) is 0 Å². The number of benzene rings is 2. The van der Waals surface area contributed by atoms with Gasteiger partial charge < -0.3 is 10.1 Å². The van der Waals surface area contributed by atoms with Crippen LogP contribution in [-0.4, -0.2) is 25.0 Å². The summed E-state index contributed by atoms with van der Waals surface area (Å²) >= 11 is 11.7. The highest BCUT2D eigenvalue weighted by Gasteiger charge is 2.15. The van der Waals surface area contributed by atoms with Gasteiger partial charge in [0.15, 0.2) is 6.61 Å². The number of carbonyl (C=O) groups excluding carboxylic acids is 2. The summed E-state index contributed by atoms with van der Waals surface area (Å²) in [6.45, 7) is 0.106. The molecule has 1 N–H and O–H groups in total. The predicted octanol–water partition coefficient (Wildman–Crippen LogP) is 3.51. The van der Waals surface area contributed by atoms with Gasteiger partial charge in [-0.1, -0.05) is 59.6 Å². The first-order valence-corrected chi connectivity index (χ1v) is 7.75. The lowest BCUT2D eigenvalue weighted by atomic mass is 10.1. The number of halogens is 2. The normalized spacial score (nSPS) is 10.2. The Balaban J connectivity index is 1.76. The quantitative estimate of drug-likeness (QED) is 0.810. The molecule has 0 bridgehead atoms. The van der Waals surface area contributed by atoms with E-state index in [1.165, 1.54) is 6.07 Å². The highest BCUT2D eigenvalue weighted by molar-refractivity contribution is 6.43. The summed E-state index contributed by atoms with van der Waals surface area (Å²) in [4.78, 5) is 23.5. The van der Waals surface area contributed by atoms with Crippen molar-refractivity contribution in [3.8, 4) is 0 Å². The van der Waals surface area contributed by atoms with E-state index in [0.29, 0.717) is 13.0 Å². The molecule has 4 nitrogen and oxygen atoms in total. The van der Waals surface area contributed by atoms with E-state index in [1.807, 2.05) is 30.3 Å². The number of carbonyl (C=O) groups is 2. The summed E-state index contributed by atoms with van der Waals surface area (Å²) in [7, 11) is 0. The van der Waals surface area contributed by atoms with E-state index < -0.39 is 5.97 Å². The Morgan fingerprint density at radius 2 is 1.74 bits per heavy atom. The van der Waals surface area contributed by atoms with Crippen molar-refractivity contribution in [3.63, 3.8) is 0 Å². The highest BCUT2D eigenvalue weighted by atomic mass is 35.5. The average molecular weight is 352 g/mol. The van der Waals surface area contributed by atoms with Gasteiger partial charge >= 0.3 is 5.97 Å². The predicted molar refractivity (Wildman–Crippen MR) is 89.9 cm³/mol. The molecule has 0 saturated carbocycles. The molecule has 6 heteroatoms. The average Bonchev–Trinajstić information content (AvgIpc) is 2.56. The Morgan fingerprint density at radius 1 is 1.00 bits per heavy atom. The van der Waals surface area contributed by atoms with Gasteiger partial charge in [0.05, 0.1) is 15.6 Å². The fraction of sp³-hybridized carbons (Fsp3) is 0.176. The van der Waals surface area contributed by atoms with Crippen LogP contribution in [0.2, 0.25) is 10.0 Å². The van der Waals surface area contributed by atoms with Crippen molar-refractivity contribution in [2.24, 2.45) is 0 Å². The summed E-state index contributed by atoms with van der Waals surface area (Å²) < 4.78 is 4.93. The number of rotatable bonds is 6. The zero-order valence-corrected chi connectivity index (χ0v) is 13.7. The van der Waals surface area contributed by atoms with Crippen molar-refractivity contribution in [2.45, 2.75) is 6.42 Å². The summed E-state index contributed by atoms with van der Waals surface area (Å²) in [5.41, 5.74) is 1.26. The SMILES string of the molecule is O=C(COC(=O)c1cccc(Cl)c1Cl)NCCc1ccccc1. The van der Waals surface area contributed by atoms with E-state index in [0.717, 1.165) is 5.56 Å². The smallest absolute Gasteiger partial charge is 0.340 e. The van der Waals surface area contributed by atoms with E-state index in [-0.39, 0.29) is 28.1 Å². The fourth-order valence-electron chi connectivity index (χ4n) is 1.91. The molecule has 23 heavy (non-hydrogen) atoms. The van der Waals surface area contributed by atoms with Gasteiger partial charge in [-0.05, 0) is 24.1 Å². The van der Waals surface area contributed by atoms with Crippen LogP contribution in [0, 0.1) is 0 Å². The Hall–Kier alpha value is -2.04. The molecule has 0 heterocycles. The zero-order valence-electron chi connectivity index (χ0n) is 12.2. The third kappa shape index (κ3) is 5.27. The van der Waals surface area contributed by atoms with Crippen molar-refractivity contribution in [1.82, 2.24) is 5.32 Å². The van der Waals surface area contributed by atoms with Crippen LogP contribution < -0.4 is 5.32 Å². The third-order valence-corrected chi connectivity index (χ3v) is 3.90. The molecule has 0 saturated heterocycles. The van der Waals surface area contributed by atoms with E-state index in [9.17, 15) is 9.59 Å². The molecule has 0 spiro atoms. The Labute approximate surface area is 144 Å². The van der Waals surface area contributed by atoms with Gasteiger partial charge in [-0.3, -0.25) is 4.79 Å². The molecular weight excluding hydrogens is 337 g/mol. The first-order valence-electron chi connectivity index (χ1n) is 6.99. The minimum Gasteiger partial charge on any atom is -0.452 e. The van der Waals surface area contributed by atoms with Crippen LogP contribution >= 0.6 is 23.2 Å². The fourth-order valence-corrected chi connectivity index (χ4v) is 2.29. The molecule has 0 aromatic heterocycles. The number of hydrogen-bond donors (Lipinski definition) is 1. The zero-order chi connectivity index (χ0) is 16.7. The lowest BCUT2D eigenvalue weighted by Crippen LogP contribution is -2.30. The third-order valence-electron chi connectivity index (χ3n) is 3.08. The van der Waals surface area contributed by atoms with Crippen molar-refractivity contribution in [1.29, 1.82) is 0 Å². The van der Waals surface area contributed by atoms with Gasteiger partial charge in [-0.2, -0.15) is 0 Å².